The fraction of sp³-hybridized carbons (Fsp3) is 0.931. The highest BCUT2D eigenvalue weighted by Crippen LogP contribution is 2.76. The third kappa shape index (κ3) is 19.6. The molecule has 42 heteroatoms. The maximum atomic E-state index is 16.7. The van der Waals surface area contributed by atoms with Crippen molar-refractivity contribution in [3.63, 3.8) is 0 Å². The van der Waals surface area contributed by atoms with Gasteiger partial charge in [0.15, 0.2) is 56.2 Å². The topological polar surface area (TPSA) is 653 Å². The summed E-state index contributed by atoms with van der Waals surface area (Å²) in [5.41, 5.74) is -7.74. The van der Waals surface area contributed by atoms with E-state index in [0.717, 1.165) is 56.8 Å². The molecule has 3 unspecified atom stereocenters. The maximum Gasteiger partial charge on any atom is 0.335 e. The largest absolute Gasteiger partial charge is 0.479 e. The summed E-state index contributed by atoms with van der Waals surface area (Å²) in [6.45, 7) is 12.3. The minimum Gasteiger partial charge on any atom is -0.479 e. The summed E-state index contributed by atoms with van der Waals surface area (Å²) in [4.78, 5) is 58.9. The Balaban J connectivity index is 0.805. The van der Waals surface area contributed by atoms with Gasteiger partial charge in [-0.05, 0) is 117 Å². The Bertz CT molecular complexity index is 3760. The highest BCUT2D eigenvalue weighted by atomic mass is 16.8. The van der Waals surface area contributed by atoms with E-state index in [0.29, 0.717) is 44.9 Å². The van der Waals surface area contributed by atoms with Crippen molar-refractivity contribution in [3.8, 4) is 0 Å². The fourth-order valence-corrected chi connectivity index (χ4v) is 23.5. The molecule has 12 fully saturated rings. The molecule has 5 aliphatic carbocycles. The van der Waals surface area contributed by atoms with Crippen molar-refractivity contribution in [2.45, 2.75) is 417 Å². The van der Waals surface area contributed by atoms with Crippen LogP contribution in [0.1, 0.15) is 184 Å². The van der Waals surface area contributed by atoms with Gasteiger partial charge in [0.05, 0.1) is 75.5 Å². The number of ether oxygens (including phenoxy) is 16. The van der Waals surface area contributed by atoms with E-state index in [1.54, 1.807) is 6.92 Å². The fourth-order valence-electron chi connectivity index (χ4n) is 23.5. The van der Waals surface area contributed by atoms with Crippen LogP contribution in [0.3, 0.4) is 0 Å². The predicted molar refractivity (Wildman–Crippen MR) is 433 cm³/mol. The second-order valence-electron chi connectivity index (χ2n) is 40.2. The Morgan fingerprint density at radius 2 is 1.06 bits per heavy atom. The molecule has 0 spiro atoms. The van der Waals surface area contributed by atoms with E-state index in [1.165, 1.54) is 13.8 Å². The number of allylic oxidation sites excluding steroid dienone is 2. The molecular formula is C87H141NO41. The molecule has 740 valence electrons. The van der Waals surface area contributed by atoms with Crippen LogP contribution >= 0.6 is 0 Å². The number of hydrogen-bond donors (Lipinski definition) is 22. The second-order valence-corrected chi connectivity index (χ2v) is 40.2. The van der Waals surface area contributed by atoms with Gasteiger partial charge in [0.1, 0.15) is 152 Å². The van der Waals surface area contributed by atoms with Crippen molar-refractivity contribution in [3.05, 3.63) is 11.6 Å². The van der Waals surface area contributed by atoms with Crippen LogP contribution in [0, 0.1) is 50.2 Å². The zero-order chi connectivity index (χ0) is 94.0. The third-order valence-electron chi connectivity index (χ3n) is 31.6. The number of fused-ring (bicyclic) bond motifs is 7. The van der Waals surface area contributed by atoms with Crippen LogP contribution < -0.4 is 5.32 Å². The minimum atomic E-state index is -2.26. The molecule has 0 bridgehead atoms. The minimum absolute atomic E-state index is 0.00234. The number of aliphatic hydroxyl groups is 20. The first-order valence-corrected chi connectivity index (χ1v) is 45.9. The second kappa shape index (κ2) is 41.2. The van der Waals surface area contributed by atoms with E-state index in [2.05, 4.69) is 39.1 Å². The summed E-state index contributed by atoms with van der Waals surface area (Å²) < 4.78 is 98.8. The van der Waals surface area contributed by atoms with Crippen LogP contribution in [0.15, 0.2) is 11.6 Å². The number of carbonyl (C=O) groups is 4. The molecule has 1 amide bonds. The first-order valence-electron chi connectivity index (χ1n) is 45.9. The van der Waals surface area contributed by atoms with Crippen LogP contribution in [0.2, 0.25) is 0 Å². The normalized spacial score (nSPS) is 50.5. The quantitative estimate of drug-likeness (QED) is 0.00993. The lowest BCUT2D eigenvalue weighted by atomic mass is 9.33. The molecule has 13 aliphatic rings. The van der Waals surface area contributed by atoms with E-state index >= 15 is 4.79 Å². The number of unbranched alkanes of at least 4 members (excludes halogenated alkanes) is 8. The number of carboxylic acids is 1. The number of hydrogen-bond acceptors (Lipinski definition) is 40. The van der Waals surface area contributed by atoms with E-state index in [1.807, 2.05) is 13.8 Å². The molecule has 129 heavy (non-hydrogen) atoms. The molecule has 8 heterocycles. The van der Waals surface area contributed by atoms with Crippen LogP contribution in [0.5, 0.6) is 0 Å². The number of nitrogens with one attached hydrogen (secondary N) is 1. The number of aldehydes is 1. The Morgan fingerprint density at radius 3 is 1.69 bits per heavy atom. The average Bonchev–Trinajstić information content (AvgIpc) is 1.51. The van der Waals surface area contributed by atoms with Gasteiger partial charge < -0.3 is 193 Å². The van der Waals surface area contributed by atoms with Gasteiger partial charge in [0, 0.05) is 6.42 Å². The summed E-state index contributed by atoms with van der Waals surface area (Å²) in [5, 5.41) is 239. The van der Waals surface area contributed by atoms with Crippen molar-refractivity contribution < 1.29 is 202 Å². The third-order valence-corrected chi connectivity index (χ3v) is 31.6. The highest BCUT2D eigenvalue weighted by Gasteiger charge is 2.74. The smallest absolute Gasteiger partial charge is 0.335 e. The first-order chi connectivity index (χ1) is 60.9. The molecule has 13 rings (SSSR count). The molecule has 42 nitrogen and oxygen atoms in total. The number of aliphatic hydroxyl groups excluding tert-OH is 19. The standard InChI is InChI=1S/C87H141NO41/c1-10-11-12-13-14-15-16-17-18-19-49(96)88-50-43(30-89)119-77(68(65(50)124-74-58(104)54(100)51(97)37(2)117-74)127-75-60(106)56(102)63(38(3)118-75)122-73-62(108)64(42(94)33-115-73)123-79-70(109)86(113,35-92)36-116-79)129-80(112)87-27-26-81(4,5)28-40(87)39-20-21-46-82(6)24-23-48(83(7,34-91)45(82)22-25-84(46,8)85(39,9)29-47(87)95)121-78-69(128-76-59(105)55(101)53(99)44(31-90)120-76)66(61(107)67(126-78)71(110)111)125-72-57(103)52(98)41(93)32-114-72/h20,34,37-38,40-48,50-70,72-79,89-90,92-95,97-109,113H,10-19,21-33,35-36H2,1-9H3,(H,88,96)(H,110,111)/t37-,38-,40?,41+,42+,43+,44+,45?,46?,47+,48-,50-,51-,52-,53-,54+,55-,56-,57+,58+,59+,60+,61-,62+,63-,64-,65-,66-,67-,68+,69+,70-,72-,73+,74-,75-,76+,77-,78+,79+,82-,83-,84+,85+,86+,87+/m0/s1. The molecule has 0 aromatic rings. The monoisotopic (exact) mass is 1860 g/mol. The first kappa shape index (κ1) is 103. The number of carboxylic acid groups (broad SMARTS) is 1. The number of aliphatic carboxylic acids is 1. The van der Waals surface area contributed by atoms with Crippen molar-refractivity contribution in [1.29, 1.82) is 0 Å². The van der Waals surface area contributed by atoms with Gasteiger partial charge in [-0.25, -0.2) is 4.79 Å². The number of amides is 1. The Morgan fingerprint density at radius 1 is 0.504 bits per heavy atom. The maximum absolute atomic E-state index is 16.7. The SMILES string of the molecule is CCCCCCCCCCCC(=O)N[C@@H]1[C@H](O[C@@H]2O[C@@H](C)[C@H](O)[C@@H](O)[C@H]2O)[C@@H](O[C@@H]2O[C@@H](C)[C@H](O[C@H]3OC[C@@H](O)[C@H](O[C@H]4OC[C@](O)(CO)[C@H]4O)[C@H]3O)[C@@H](O)[C@H]2O)[C@H](OC(=O)[C@]23CCC(C)(C)CC2C2=CCC4[C@@]5(C)CC[C@H](O[C@@H]6O[C@H](C(=O)O)[C@@H](O)[C@H](O[C@@H]7OC[C@@H](O)[C@H](O)[C@H]7O)[C@H]6O[C@H]6O[C@H](CO)[C@H](O)[C@H](O)[C@H]6O)[C@@](C)(C=O)C5CC[C@@]4(C)[C@]2(C)C[C@H]3O)O[C@@H]1CO. The Kier molecular flexibility index (Phi) is 32.9. The van der Waals surface area contributed by atoms with Gasteiger partial charge in [-0.2, -0.15) is 0 Å². The van der Waals surface area contributed by atoms with Crippen molar-refractivity contribution in [1.82, 2.24) is 5.32 Å². The van der Waals surface area contributed by atoms with Gasteiger partial charge in [0.25, 0.3) is 0 Å². The number of carbonyl (C=O) groups excluding carboxylic acids is 3. The molecular weight excluding hydrogens is 1710 g/mol. The average molecular weight is 1860 g/mol. The lowest BCUT2D eigenvalue weighted by Crippen LogP contribution is -2.71. The van der Waals surface area contributed by atoms with Gasteiger partial charge >= 0.3 is 11.9 Å². The molecule has 4 saturated carbocycles. The van der Waals surface area contributed by atoms with E-state index < -0.39 is 335 Å². The summed E-state index contributed by atoms with van der Waals surface area (Å²) in [7, 11) is 0. The molecule has 46 atom stereocenters. The van der Waals surface area contributed by atoms with Gasteiger partial charge in [-0.3, -0.25) is 9.59 Å². The summed E-state index contributed by atoms with van der Waals surface area (Å²) >= 11 is 0. The van der Waals surface area contributed by atoms with Crippen molar-refractivity contribution in [2.75, 3.05) is 39.6 Å². The van der Waals surface area contributed by atoms with E-state index in [9.17, 15) is 122 Å². The summed E-state index contributed by atoms with van der Waals surface area (Å²) in [6, 6.07) is -1.58. The van der Waals surface area contributed by atoms with Crippen molar-refractivity contribution in [2.24, 2.45) is 50.2 Å². The Hall–Kier alpha value is -3.58. The summed E-state index contributed by atoms with van der Waals surface area (Å²) in [6.07, 6.45) is -53.8. The zero-order valence-corrected chi connectivity index (χ0v) is 74.5. The summed E-state index contributed by atoms with van der Waals surface area (Å²) in [5.74, 6) is -5.09. The van der Waals surface area contributed by atoms with Crippen LogP contribution in [-0.2, 0) is 95.0 Å². The van der Waals surface area contributed by atoms with Crippen LogP contribution in [0.4, 0.5) is 0 Å². The van der Waals surface area contributed by atoms with Gasteiger partial charge in [-0.1, -0.05) is 111 Å². The molecule has 0 radical (unpaired) electrons. The Labute approximate surface area is 747 Å². The lowest BCUT2D eigenvalue weighted by molar-refractivity contribution is -0.391. The van der Waals surface area contributed by atoms with Gasteiger partial charge in [-0.15, -0.1) is 0 Å². The van der Waals surface area contributed by atoms with E-state index in [-0.39, 0.29) is 38.0 Å². The highest BCUT2D eigenvalue weighted by molar-refractivity contribution is 5.80. The predicted octanol–water partition coefficient (Wildman–Crippen LogP) is -4.48. The molecule has 8 aliphatic heterocycles. The van der Waals surface area contributed by atoms with Crippen LogP contribution in [0.25, 0.3) is 0 Å². The number of esters is 1. The molecule has 0 aromatic carbocycles. The van der Waals surface area contributed by atoms with E-state index in [4.69, 9.17) is 75.8 Å². The van der Waals surface area contributed by atoms with Crippen molar-refractivity contribution >= 4 is 24.1 Å². The number of rotatable bonds is 32. The zero-order valence-electron chi connectivity index (χ0n) is 74.5. The molecule has 8 saturated heterocycles. The van der Waals surface area contributed by atoms with Crippen LogP contribution in [-0.4, -0.2) is 404 Å². The molecule has 0 aromatic heterocycles. The lowest BCUT2D eigenvalue weighted by Gasteiger charge is -2.71. The van der Waals surface area contributed by atoms with Gasteiger partial charge in [0.2, 0.25) is 12.2 Å². The molecule has 22 N–H and O–H groups in total.